The molecular weight excluding hydrogens is 196 g/mol. The number of piperidine rings is 1. The van der Waals surface area contributed by atoms with Gasteiger partial charge < -0.3 is 10.4 Å². The summed E-state index contributed by atoms with van der Waals surface area (Å²) >= 11 is 1.69. The molecule has 0 radical (unpaired) electrons. The van der Waals surface area contributed by atoms with Gasteiger partial charge in [-0.3, -0.25) is 0 Å². The van der Waals surface area contributed by atoms with E-state index in [4.69, 9.17) is 5.11 Å². The van der Waals surface area contributed by atoms with Crippen molar-refractivity contribution in [2.45, 2.75) is 25.8 Å². The molecule has 2 unspecified atom stereocenters. The van der Waals surface area contributed by atoms with E-state index in [1.165, 1.54) is 0 Å². The van der Waals surface area contributed by atoms with Crippen LogP contribution in [0.25, 0.3) is 0 Å². The van der Waals surface area contributed by atoms with E-state index in [1.807, 2.05) is 6.92 Å². The third kappa shape index (κ3) is 2.13. The van der Waals surface area contributed by atoms with Crippen LogP contribution in [-0.4, -0.2) is 23.2 Å². The second kappa shape index (κ2) is 4.38. The van der Waals surface area contributed by atoms with Crippen molar-refractivity contribution in [2.75, 3.05) is 13.2 Å². The summed E-state index contributed by atoms with van der Waals surface area (Å²) in [5, 5.41) is 15.8. The first-order chi connectivity index (χ1) is 6.79. The molecular formula is C10H16N2OS. The van der Waals surface area contributed by atoms with Gasteiger partial charge in [-0.2, -0.15) is 0 Å². The number of hydrogen-bond donors (Lipinski definition) is 2. The molecule has 0 amide bonds. The molecule has 14 heavy (non-hydrogen) atoms. The third-order valence-electron chi connectivity index (χ3n) is 2.76. The van der Waals surface area contributed by atoms with Crippen LogP contribution in [0.3, 0.4) is 0 Å². The van der Waals surface area contributed by atoms with Crippen molar-refractivity contribution < 1.29 is 5.11 Å². The number of aromatic nitrogens is 1. The van der Waals surface area contributed by atoms with Crippen molar-refractivity contribution in [3.8, 4) is 0 Å². The van der Waals surface area contributed by atoms with Crippen LogP contribution in [0, 0.1) is 12.8 Å². The summed E-state index contributed by atoms with van der Waals surface area (Å²) in [5.74, 6) is 0.447. The molecule has 0 aliphatic carbocycles. The number of aliphatic hydroxyl groups is 1. The molecule has 4 heteroatoms. The van der Waals surface area contributed by atoms with Crippen LogP contribution in [0.4, 0.5) is 0 Å². The molecule has 1 saturated heterocycles. The fourth-order valence-electron chi connectivity index (χ4n) is 1.93. The average Bonchev–Trinajstić information content (AvgIpc) is 2.65. The molecule has 2 N–H and O–H groups in total. The van der Waals surface area contributed by atoms with Gasteiger partial charge in [-0.15, -0.1) is 11.3 Å². The molecule has 0 saturated carbocycles. The quantitative estimate of drug-likeness (QED) is 0.780. The van der Waals surface area contributed by atoms with Crippen molar-refractivity contribution >= 4 is 11.3 Å². The molecule has 1 aliphatic rings. The van der Waals surface area contributed by atoms with E-state index in [1.54, 1.807) is 11.3 Å². The van der Waals surface area contributed by atoms with Crippen LogP contribution in [-0.2, 0) is 0 Å². The summed E-state index contributed by atoms with van der Waals surface area (Å²) in [6.45, 7) is 3.33. The number of hydrogen-bond acceptors (Lipinski definition) is 4. The predicted molar refractivity (Wildman–Crippen MR) is 57.4 cm³/mol. The summed E-state index contributed by atoms with van der Waals surface area (Å²) in [4.78, 5) is 4.48. The highest BCUT2D eigenvalue weighted by atomic mass is 32.1. The molecule has 78 valence electrons. The van der Waals surface area contributed by atoms with Crippen molar-refractivity contribution in [1.29, 1.82) is 0 Å². The Morgan fingerprint density at radius 2 is 2.57 bits per heavy atom. The maximum absolute atomic E-state index is 9.12. The summed E-state index contributed by atoms with van der Waals surface area (Å²) < 4.78 is 0. The number of nitrogens with zero attached hydrogens (tertiary/aromatic N) is 1. The number of aryl methyl sites for hydroxylation is 1. The van der Waals surface area contributed by atoms with Crippen molar-refractivity contribution in [1.82, 2.24) is 10.3 Å². The minimum absolute atomic E-state index is 0.307. The Balaban J connectivity index is 2.04. The number of thiazole rings is 1. The standard InChI is InChI=1S/C10H16N2OS/c1-7-12-10(6-14-7)9-4-8(5-13)2-3-11-9/h6,8-9,11,13H,2-5H2,1H3. The zero-order valence-corrected chi connectivity index (χ0v) is 9.18. The maximum Gasteiger partial charge on any atom is 0.0898 e. The summed E-state index contributed by atoms with van der Waals surface area (Å²) in [6, 6.07) is 0.353. The normalized spacial score (nSPS) is 27.9. The van der Waals surface area contributed by atoms with E-state index < -0.39 is 0 Å². The summed E-state index contributed by atoms with van der Waals surface area (Å²) in [5.41, 5.74) is 1.14. The fraction of sp³-hybridized carbons (Fsp3) is 0.700. The van der Waals surface area contributed by atoms with Gasteiger partial charge in [0, 0.05) is 12.0 Å². The molecule has 3 nitrogen and oxygen atoms in total. The van der Waals surface area contributed by atoms with Gasteiger partial charge in [-0.1, -0.05) is 0 Å². The first-order valence-corrected chi connectivity index (χ1v) is 5.94. The van der Waals surface area contributed by atoms with Gasteiger partial charge >= 0.3 is 0 Å². The Labute approximate surface area is 88.2 Å². The van der Waals surface area contributed by atoms with Gasteiger partial charge in [0.2, 0.25) is 0 Å². The van der Waals surface area contributed by atoms with Crippen LogP contribution in [0.1, 0.15) is 29.6 Å². The van der Waals surface area contributed by atoms with Gasteiger partial charge in [0.1, 0.15) is 0 Å². The fourth-order valence-corrected chi connectivity index (χ4v) is 2.59. The molecule has 0 aromatic carbocycles. The molecule has 1 fully saturated rings. The molecule has 1 aliphatic heterocycles. The number of rotatable bonds is 2. The predicted octanol–water partition coefficient (Wildman–Crippen LogP) is 1.48. The highest BCUT2D eigenvalue weighted by Crippen LogP contribution is 2.27. The zero-order valence-electron chi connectivity index (χ0n) is 8.36. The smallest absolute Gasteiger partial charge is 0.0898 e. The second-order valence-electron chi connectivity index (χ2n) is 3.87. The number of nitrogens with one attached hydrogen (secondary N) is 1. The van der Waals surface area contributed by atoms with Gasteiger partial charge in [0.05, 0.1) is 16.7 Å². The molecule has 2 heterocycles. The largest absolute Gasteiger partial charge is 0.396 e. The van der Waals surface area contributed by atoms with Crippen molar-refractivity contribution in [3.63, 3.8) is 0 Å². The molecule has 1 aromatic rings. The first kappa shape index (κ1) is 10.1. The van der Waals surface area contributed by atoms with Crippen LogP contribution in [0.15, 0.2) is 5.38 Å². The molecule has 0 spiro atoms. The van der Waals surface area contributed by atoms with Gasteiger partial charge in [-0.05, 0) is 32.2 Å². The van der Waals surface area contributed by atoms with Crippen molar-refractivity contribution in [2.24, 2.45) is 5.92 Å². The van der Waals surface area contributed by atoms with Gasteiger partial charge in [-0.25, -0.2) is 4.98 Å². The molecule has 2 atom stereocenters. The highest BCUT2D eigenvalue weighted by molar-refractivity contribution is 7.09. The van der Waals surface area contributed by atoms with E-state index >= 15 is 0 Å². The van der Waals surface area contributed by atoms with Crippen molar-refractivity contribution in [3.05, 3.63) is 16.1 Å². The monoisotopic (exact) mass is 212 g/mol. The Morgan fingerprint density at radius 3 is 3.21 bits per heavy atom. The van der Waals surface area contributed by atoms with Gasteiger partial charge in [0.25, 0.3) is 0 Å². The number of aliphatic hydroxyl groups excluding tert-OH is 1. The van der Waals surface area contributed by atoms with Crippen LogP contribution in [0.5, 0.6) is 0 Å². The molecule has 2 rings (SSSR count). The summed E-state index contributed by atoms with van der Waals surface area (Å²) in [7, 11) is 0. The average molecular weight is 212 g/mol. The van der Waals surface area contributed by atoms with Crippen LogP contribution < -0.4 is 5.32 Å². The Kier molecular flexibility index (Phi) is 3.15. The van der Waals surface area contributed by atoms with E-state index in [2.05, 4.69) is 15.7 Å². The lowest BCUT2D eigenvalue weighted by Gasteiger charge is -2.28. The van der Waals surface area contributed by atoms with Gasteiger partial charge in [0.15, 0.2) is 0 Å². The lowest BCUT2D eigenvalue weighted by molar-refractivity contribution is 0.175. The molecule has 0 bridgehead atoms. The maximum atomic E-state index is 9.12. The molecule has 1 aromatic heterocycles. The Morgan fingerprint density at radius 1 is 1.71 bits per heavy atom. The van der Waals surface area contributed by atoms with E-state index in [0.717, 1.165) is 30.1 Å². The minimum Gasteiger partial charge on any atom is -0.396 e. The zero-order chi connectivity index (χ0) is 9.97. The second-order valence-corrected chi connectivity index (χ2v) is 4.93. The SMILES string of the molecule is Cc1nc(C2CC(CO)CCN2)cs1. The highest BCUT2D eigenvalue weighted by Gasteiger charge is 2.23. The topological polar surface area (TPSA) is 45.2 Å². The van der Waals surface area contributed by atoms with E-state index in [0.29, 0.717) is 18.6 Å². The first-order valence-electron chi connectivity index (χ1n) is 5.06. The van der Waals surface area contributed by atoms with E-state index in [9.17, 15) is 0 Å². The lowest BCUT2D eigenvalue weighted by atomic mass is 9.92. The third-order valence-corrected chi connectivity index (χ3v) is 3.56. The Hall–Kier alpha value is -0.450. The Bertz CT molecular complexity index is 300. The van der Waals surface area contributed by atoms with Crippen LogP contribution >= 0.6 is 11.3 Å². The minimum atomic E-state index is 0.307. The van der Waals surface area contributed by atoms with Crippen LogP contribution in [0.2, 0.25) is 0 Å². The summed E-state index contributed by atoms with van der Waals surface area (Å²) in [6.07, 6.45) is 2.09. The lowest BCUT2D eigenvalue weighted by Crippen LogP contribution is -2.33. The van der Waals surface area contributed by atoms with E-state index in [-0.39, 0.29) is 0 Å².